The van der Waals surface area contributed by atoms with Crippen LogP contribution in [0.5, 0.6) is 0 Å². The van der Waals surface area contributed by atoms with Crippen molar-refractivity contribution in [3.8, 4) is 11.3 Å². The normalized spacial score (nSPS) is 14.4. The molecule has 3 rings (SSSR count). The molecular weight excluding hydrogens is 198 g/mol. The van der Waals surface area contributed by atoms with Gasteiger partial charge in [-0.2, -0.15) is 0 Å². The summed E-state index contributed by atoms with van der Waals surface area (Å²) in [5.74, 6) is 0. The lowest BCUT2D eigenvalue weighted by atomic mass is 10.1. The van der Waals surface area contributed by atoms with Gasteiger partial charge in [0.25, 0.3) is 0 Å². The van der Waals surface area contributed by atoms with Gasteiger partial charge in [-0.3, -0.25) is 0 Å². The van der Waals surface area contributed by atoms with Crippen molar-refractivity contribution in [2.45, 2.75) is 0 Å². The molecule has 16 heavy (non-hydrogen) atoms. The minimum Gasteiger partial charge on any atom is -0.350 e. The standard InChI is InChI=1S/C13H11N3/c1-16-8-11(12-6-7-14-9-15-12)10-4-2-3-5-13(10)16/h2-9H,1H3/i1D3. The van der Waals surface area contributed by atoms with Crippen LogP contribution in [-0.4, -0.2) is 14.5 Å². The zero-order valence-electron chi connectivity index (χ0n) is 11.5. The zero-order chi connectivity index (χ0) is 13.5. The first-order valence-electron chi connectivity index (χ1n) is 6.44. The van der Waals surface area contributed by atoms with E-state index in [1.54, 1.807) is 24.5 Å². The molecule has 0 aliphatic carbocycles. The summed E-state index contributed by atoms with van der Waals surface area (Å²) < 4.78 is 24.1. The van der Waals surface area contributed by atoms with E-state index in [0.717, 1.165) is 10.9 Å². The van der Waals surface area contributed by atoms with Gasteiger partial charge in [-0.1, -0.05) is 18.2 Å². The molecule has 0 aliphatic heterocycles. The second kappa shape index (κ2) is 3.45. The highest BCUT2D eigenvalue weighted by Gasteiger charge is 2.07. The molecule has 0 fully saturated rings. The summed E-state index contributed by atoms with van der Waals surface area (Å²) in [4.78, 5) is 8.06. The molecule has 0 bridgehead atoms. The van der Waals surface area contributed by atoms with Gasteiger partial charge in [0, 0.05) is 39.9 Å². The van der Waals surface area contributed by atoms with Crippen LogP contribution >= 0.6 is 0 Å². The lowest BCUT2D eigenvalue weighted by molar-refractivity contribution is 0.969. The Morgan fingerprint density at radius 1 is 1.25 bits per heavy atom. The highest BCUT2D eigenvalue weighted by molar-refractivity contribution is 5.94. The molecule has 0 N–H and O–H groups in total. The number of hydrogen-bond acceptors (Lipinski definition) is 2. The predicted molar refractivity (Wildman–Crippen MR) is 63.9 cm³/mol. The quantitative estimate of drug-likeness (QED) is 0.620. The van der Waals surface area contributed by atoms with E-state index in [1.807, 2.05) is 18.2 Å². The fourth-order valence-corrected chi connectivity index (χ4v) is 1.83. The SMILES string of the molecule is [2H]C([2H])([2H])n1cc(-c2ccncn2)c2ccccc21. The molecule has 3 nitrogen and oxygen atoms in total. The summed E-state index contributed by atoms with van der Waals surface area (Å²) in [6.45, 7) is -2.20. The minimum absolute atomic E-state index is 0.677. The number of hydrogen-bond donors (Lipinski definition) is 0. The van der Waals surface area contributed by atoms with Gasteiger partial charge in [-0.25, -0.2) is 9.97 Å². The van der Waals surface area contributed by atoms with Crippen LogP contribution in [0, 0.1) is 0 Å². The molecule has 0 spiro atoms. The van der Waals surface area contributed by atoms with Gasteiger partial charge in [0.15, 0.2) is 0 Å². The number of para-hydroxylation sites is 1. The van der Waals surface area contributed by atoms with Crippen molar-refractivity contribution in [3.63, 3.8) is 0 Å². The molecule has 3 aromatic rings. The first-order chi connectivity index (χ1) is 9.07. The Morgan fingerprint density at radius 2 is 2.19 bits per heavy atom. The van der Waals surface area contributed by atoms with Crippen molar-refractivity contribution in [2.75, 3.05) is 0 Å². The van der Waals surface area contributed by atoms with Crippen molar-refractivity contribution in [1.82, 2.24) is 14.5 Å². The smallest absolute Gasteiger partial charge is 0.116 e. The van der Waals surface area contributed by atoms with E-state index in [-0.39, 0.29) is 0 Å². The average molecular weight is 212 g/mol. The molecule has 2 aromatic heterocycles. The maximum atomic E-state index is 7.59. The van der Waals surface area contributed by atoms with Crippen molar-refractivity contribution in [2.24, 2.45) is 6.98 Å². The fraction of sp³-hybridized carbons (Fsp3) is 0.0769. The van der Waals surface area contributed by atoms with Crippen LogP contribution in [0.3, 0.4) is 0 Å². The summed E-state index contributed by atoms with van der Waals surface area (Å²) in [5.41, 5.74) is 2.19. The molecule has 2 heterocycles. The highest BCUT2D eigenvalue weighted by Crippen LogP contribution is 2.27. The summed E-state index contributed by atoms with van der Waals surface area (Å²) >= 11 is 0. The van der Waals surface area contributed by atoms with Gasteiger partial charge < -0.3 is 4.57 Å². The summed E-state index contributed by atoms with van der Waals surface area (Å²) in [6.07, 6.45) is 4.72. The lowest BCUT2D eigenvalue weighted by Gasteiger charge is -1.96. The van der Waals surface area contributed by atoms with Crippen LogP contribution in [0.1, 0.15) is 4.11 Å². The number of rotatable bonds is 1. The number of fused-ring (bicyclic) bond motifs is 1. The summed E-state index contributed by atoms with van der Waals surface area (Å²) in [6, 6.07) is 9.18. The minimum atomic E-state index is -2.20. The Bertz CT molecular complexity index is 717. The third-order valence-electron chi connectivity index (χ3n) is 2.57. The van der Waals surface area contributed by atoms with Gasteiger partial charge in [-0.15, -0.1) is 0 Å². The average Bonchev–Trinajstić information content (AvgIpc) is 2.79. The van der Waals surface area contributed by atoms with Crippen LogP contribution < -0.4 is 0 Å². The third kappa shape index (κ3) is 1.29. The Kier molecular flexibility index (Phi) is 1.39. The van der Waals surface area contributed by atoms with E-state index in [0.29, 0.717) is 11.2 Å². The van der Waals surface area contributed by atoms with E-state index in [2.05, 4.69) is 9.97 Å². The molecule has 78 valence electrons. The van der Waals surface area contributed by atoms with Crippen molar-refractivity contribution in [1.29, 1.82) is 0 Å². The van der Waals surface area contributed by atoms with Gasteiger partial charge in [0.1, 0.15) is 6.33 Å². The second-order valence-electron chi connectivity index (χ2n) is 3.52. The van der Waals surface area contributed by atoms with E-state index < -0.39 is 6.98 Å². The molecular formula is C13H11N3. The Morgan fingerprint density at radius 3 is 3.00 bits per heavy atom. The van der Waals surface area contributed by atoms with E-state index in [9.17, 15) is 0 Å². The number of benzene rings is 1. The summed E-state index contributed by atoms with van der Waals surface area (Å²) in [7, 11) is 0. The molecule has 0 saturated carbocycles. The van der Waals surface area contributed by atoms with Crippen molar-refractivity contribution in [3.05, 3.63) is 49.1 Å². The van der Waals surface area contributed by atoms with Gasteiger partial charge >= 0.3 is 0 Å². The predicted octanol–water partition coefficient (Wildman–Crippen LogP) is 2.64. The molecule has 3 heteroatoms. The first-order valence-corrected chi connectivity index (χ1v) is 4.94. The Labute approximate surface area is 97.6 Å². The van der Waals surface area contributed by atoms with Crippen molar-refractivity contribution >= 4 is 10.9 Å². The summed E-state index contributed by atoms with van der Waals surface area (Å²) in [5, 5.41) is 0.873. The van der Waals surface area contributed by atoms with Gasteiger partial charge in [0.2, 0.25) is 0 Å². The van der Waals surface area contributed by atoms with E-state index >= 15 is 0 Å². The van der Waals surface area contributed by atoms with Gasteiger partial charge in [0.05, 0.1) is 5.69 Å². The van der Waals surface area contributed by atoms with Crippen LogP contribution in [0.25, 0.3) is 22.2 Å². The molecule has 0 radical (unpaired) electrons. The highest BCUT2D eigenvalue weighted by atomic mass is 14.9. The number of aromatic nitrogens is 3. The molecule has 0 saturated heterocycles. The molecule has 0 aliphatic rings. The molecule has 0 atom stereocenters. The van der Waals surface area contributed by atoms with Crippen molar-refractivity contribution < 1.29 is 4.11 Å². The Hall–Kier alpha value is -2.16. The van der Waals surface area contributed by atoms with E-state index in [1.165, 1.54) is 10.9 Å². The second-order valence-corrected chi connectivity index (χ2v) is 3.52. The monoisotopic (exact) mass is 212 g/mol. The van der Waals surface area contributed by atoms with Crippen LogP contribution in [0.15, 0.2) is 49.1 Å². The van der Waals surface area contributed by atoms with Crippen LogP contribution in [0.4, 0.5) is 0 Å². The topological polar surface area (TPSA) is 30.7 Å². The zero-order valence-corrected chi connectivity index (χ0v) is 8.46. The van der Waals surface area contributed by atoms with Gasteiger partial charge in [-0.05, 0) is 12.1 Å². The Balaban J connectivity index is 2.33. The number of aryl methyl sites for hydroxylation is 1. The third-order valence-corrected chi connectivity index (χ3v) is 2.57. The van der Waals surface area contributed by atoms with E-state index in [4.69, 9.17) is 4.11 Å². The largest absolute Gasteiger partial charge is 0.350 e. The molecule has 0 unspecified atom stereocenters. The first kappa shape index (κ1) is 6.43. The molecule has 1 aromatic carbocycles. The van der Waals surface area contributed by atoms with Crippen LogP contribution in [-0.2, 0) is 6.98 Å². The number of nitrogens with zero attached hydrogens (tertiary/aromatic N) is 3. The lowest BCUT2D eigenvalue weighted by Crippen LogP contribution is -1.83. The molecule has 0 amide bonds. The fourth-order valence-electron chi connectivity index (χ4n) is 1.83. The maximum absolute atomic E-state index is 7.59. The van der Waals surface area contributed by atoms with Crippen LogP contribution in [0.2, 0.25) is 0 Å². The maximum Gasteiger partial charge on any atom is 0.116 e.